The van der Waals surface area contributed by atoms with Crippen molar-refractivity contribution >= 4 is 22.6 Å². The molecule has 0 radical (unpaired) electrons. The minimum absolute atomic E-state index is 0.0194. The molecule has 0 aliphatic rings. The molecule has 0 heterocycles. The number of benzene rings is 2. The maximum atomic E-state index is 10.3. The molecule has 0 spiro atoms. The van der Waals surface area contributed by atoms with Gasteiger partial charge in [-0.3, -0.25) is 4.79 Å². The van der Waals surface area contributed by atoms with Crippen LogP contribution in [-0.2, 0) is 4.79 Å². The Morgan fingerprint density at radius 2 is 1.33 bits per heavy atom. The lowest BCUT2D eigenvalue weighted by molar-refractivity contribution is -0.137. The molecule has 1 atom stereocenters. The van der Waals surface area contributed by atoms with Gasteiger partial charge in [-0.05, 0) is 17.9 Å². The van der Waals surface area contributed by atoms with Gasteiger partial charge in [0.05, 0.1) is 6.10 Å². The molecule has 7 heteroatoms. The van der Waals surface area contributed by atoms with E-state index in [-0.39, 0.29) is 18.9 Å². The van der Waals surface area contributed by atoms with Gasteiger partial charge >= 0.3 is 5.97 Å². The molecule has 1 unspecified atom stereocenters. The lowest BCUT2D eigenvalue weighted by Gasteiger charge is -2.13. The standard InChI is InChI=1S/C18H36O2.C14H16N2O3/c1-2-3-4-5-6-7-8-9-10-11-12-13-14-15-16-17-18(19)20;15-14(16-18)8-11(17)9-19-13-7-3-5-10-4-1-2-6-12(10)13/h2-17H2,1H3,(H,19,20);1-7,11,17-18H,8-9H2,(H2,15,16). The first-order valence-electron chi connectivity index (χ1n) is 14.9. The molecular formula is C32H52N2O5. The third kappa shape index (κ3) is 18.2. The van der Waals surface area contributed by atoms with Crippen molar-refractivity contribution in [2.45, 2.75) is 122 Å². The zero-order valence-corrected chi connectivity index (χ0v) is 24.0. The number of rotatable bonds is 21. The first kappa shape index (κ1) is 34.2. The van der Waals surface area contributed by atoms with E-state index in [1.54, 1.807) is 0 Å². The van der Waals surface area contributed by atoms with E-state index in [1.807, 2.05) is 42.5 Å². The van der Waals surface area contributed by atoms with Crippen LogP contribution in [0.4, 0.5) is 0 Å². The molecule has 0 aliphatic heterocycles. The number of carboxylic acids is 1. The molecule has 0 aromatic heterocycles. The van der Waals surface area contributed by atoms with Crippen LogP contribution in [0.15, 0.2) is 47.6 Å². The molecule has 2 aromatic rings. The fourth-order valence-corrected chi connectivity index (χ4v) is 4.50. The lowest BCUT2D eigenvalue weighted by Crippen LogP contribution is -2.25. The summed E-state index contributed by atoms with van der Waals surface area (Å²) in [5.41, 5.74) is 5.32. The Morgan fingerprint density at radius 1 is 0.821 bits per heavy atom. The number of aliphatic hydroxyl groups excluding tert-OH is 1. The predicted octanol–water partition coefficient (Wildman–Crippen LogP) is 8.05. The fraction of sp³-hybridized carbons (Fsp3) is 0.625. The van der Waals surface area contributed by atoms with Crippen LogP contribution in [0.3, 0.4) is 0 Å². The van der Waals surface area contributed by atoms with Gasteiger partial charge in [0.25, 0.3) is 0 Å². The molecule has 220 valence electrons. The second-order valence-electron chi connectivity index (χ2n) is 10.3. The van der Waals surface area contributed by atoms with E-state index < -0.39 is 12.1 Å². The minimum atomic E-state index is -0.810. The average molecular weight is 545 g/mol. The van der Waals surface area contributed by atoms with E-state index in [2.05, 4.69) is 12.1 Å². The maximum Gasteiger partial charge on any atom is 0.303 e. The first-order chi connectivity index (χ1) is 19.0. The molecule has 0 saturated carbocycles. The number of nitrogens with two attached hydrogens (primary N) is 1. The smallest absolute Gasteiger partial charge is 0.303 e. The monoisotopic (exact) mass is 544 g/mol. The first-order valence-corrected chi connectivity index (χ1v) is 14.9. The van der Waals surface area contributed by atoms with Gasteiger partial charge in [-0.1, -0.05) is 138 Å². The Balaban J connectivity index is 0.000000390. The summed E-state index contributed by atoms with van der Waals surface area (Å²) in [4.78, 5) is 10.3. The molecule has 0 bridgehead atoms. The van der Waals surface area contributed by atoms with Gasteiger partial charge < -0.3 is 25.9 Å². The number of aliphatic hydroxyl groups is 1. The van der Waals surface area contributed by atoms with E-state index in [1.165, 1.54) is 83.5 Å². The molecule has 7 nitrogen and oxygen atoms in total. The highest BCUT2D eigenvalue weighted by atomic mass is 16.5. The Kier molecular flexibility index (Phi) is 20.3. The molecule has 5 N–H and O–H groups in total. The number of ether oxygens (including phenoxy) is 1. The molecule has 0 amide bonds. The highest BCUT2D eigenvalue weighted by molar-refractivity contribution is 5.88. The summed E-state index contributed by atoms with van der Waals surface area (Å²) in [5, 5.41) is 31.5. The van der Waals surface area contributed by atoms with Crippen LogP contribution in [-0.4, -0.2) is 39.9 Å². The van der Waals surface area contributed by atoms with Crippen LogP contribution >= 0.6 is 0 Å². The van der Waals surface area contributed by atoms with Crippen LogP contribution in [0.5, 0.6) is 5.75 Å². The number of hydrogen-bond donors (Lipinski definition) is 4. The van der Waals surface area contributed by atoms with Crippen molar-refractivity contribution in [2.75, 3.05) is 6.61 Å². The summed E-state index contributed by atoms with van der Waals surface area (Å²) in [5.74, 6) is 0.0328. The third-order valence-electron chi connectivity index (χ3n) is 6.75. The van der Waals surface area contributed by atoms with Crippen LogP contribution in [0, 0.1) is 0 Å². The largest absolute Gasteiger partial charge is 0.490 e. The highest BCUT2D eigenvalue weighted by Gasteiger charge is 2.09. The molecule has 2 aromatic carbocycles. The molecule has 0 aliphatic carbocycles. The second-order valence-corrected chi connectivity index (χ2v) is 10.3. The van der Waals surface area contributed by atoms with E-state index in [4.69, 9.17) is 20.8 Å². The number of unbranched alkanes of at least 4 members (excludes halogenated alkanes) is 14. The molecule has 0 saturated heterocycles. The number of aliphatic carboxylic acids is 1. The molecule has 2 rings (SSSR count). The SMILES string of the molecule is CCCCCCCCCCCCCCCCCC(=O)O.N/C(CC(O)COc1cccc2ccccc12)=N\O. The van der Waals surface area contributed by atoms with E-state index in [9.17, 15) is 9.90 Å². The lowest BCUT2D eigenvalue weighted by atomic mass is 10.0. The predicted molar refractivity (Wildman–Crippen MR) is 161 cm³/mol. The quantitative estimate of drug-likeness (QED) is 0.0414. The van der Waals surface area contributed by atoms with E-state index in [0.29, 0.717) is 12.2 Å². The Bertz CT molecular complexity index is 913. The van der Waals surface area contributed by atoms with Crippen molar-refractivity contribution in [1.82, 2.24) is 0 Å². The van der Waals surface area contributed by atoms with Crippen LogP contribution in [0.25, 0.3) is 10.8 Å². The van der Waals surface area contributed by atoms with E-state index in [0.717, 1.165) is 23.6 Å². The van der Waals surface area contributed by atoms with Gasteiger partial charge in [-0.25, -0.2) is 0 Å². The van der Waals surface area contributed by atoms with Crippen molar-refractivity contribution in [1.29, 1.82) is 0 Å². The normalized spacial score (nSPS) is 12.1. The van der Waals surface area contributed by atoms with Gasteiger partial charge in [0.15, 0.2) is 0 Å². The van der Waals surface area contributed by atoms with Gasteiger partial charge in [0.2, 0.25) is 0 Å². The molecule has 0 fully saturated rings. The van der Waals surface area contributed by atoms with Crippen LogP contribution < -0.4 is 10.5 Å². The van der Waals surface area contributed by atoms with Gasteiger partial charge in [0, 0.05) is 18.2 Å². The van der Waals surface area contributed by atoms with Crippen molar-refractivity contribution in [3.05, 3.63) is 42.5 Å². The molecular weight excluding hydrogens is 492 g/mol. The maximum absolute atomic E-state index is 10.3. The number of fused-ring (bicyclic) bond motifs is 1. The van der Waals surface area contributed by atoms with Crippen LogP contribution in [0.2, 0.25) is 0 Å². The summed E-state index contributed by atoms with van der Waals surface area (Å²) in [6.45, 7) is 2.36. The Labute approximate surface area is 235 Å². The zero-order chi connectivity index (χ0) is 28.6. The second kappa shape index (κ2) is 23.1. The summed E-state index contributed by atoms with van der Waals surface area (Å²) < 4.78 is 5.58. The van der Waals surface area contributed by atoms with Gasteiger partial charge in [-0.2, -0.15) is 0 Å². The Morgan fingerprint density at radius 3 is 1.87 bits per heavy atom. The number of hydrogen-bond acceptors (Lipinski definition) is 5. The average Bonchev–Trinajstić information content (AvgIpc) is 2.94. The van der Waals surface area contributed by atoms with Crippen molar-refractivity contribution in [2.24, 2.45) is 10.9 Å². The fourth-order valence-electron chi connectivity index (χ4n) is 4.50. The van der Waals surface area contributed by atoms with Crippen molar-refractivity contribution in [3.8, 4) is 5.75 Å². The summed E-state index contributed by atoms with van der Waals surface area (Å²) in [6, 6.07) is 13.6. The summed E-state index contributed by atoms with van der Waals surface area (Å²) in [7, 11) is 0. The zero-order valence-electron chi connectivity index (χ0n) is 24.0. The van der Waals surface area contributed by atoms with Gasteiger partial charge in [-0.15, -0.1) is 0 Å². The number of carbonyl (C=O) groups is 1. The molecule has 39 heavy (non-hydrogen) atoms. The number of nitrogens with zero attached hydrogens (tertiary/aromatic N) is 1. The number of carboxylic acid groups (broad SMARTS) is 1. The number of oxime groups is 1. The summed E-state index contributed by atoms with van der Waals surface area (Å²) >= 11 is 0. The highest BCUT2D eigenvalue weighted by Crippen LogP contribution is 2.25. The van der Waals surface area contributed by atoms with Crippen molar-refractivity contribution in [3.63, 3.8) is 0 Å². The van der Waals surface area contributed by atoms with E-state index >= 15 is 0 Å². The van der Waals surface area contributed by atoms with Crippen molar-refractivity contribution < 1.29 is 25.0 Å². The van der Waals surface area contributed by atoms with Gasteiger partial charge in [0.1, 0.15) is 18.2 Å². The topological polar surface area (TPSA) is 125 Å². The summed E-state index contributed by atoms with van der Waals surface area (Å²) in [6.07, 6.45) is 19.5. The number of amidine groups is 1. The Hall–Kier alpha value is -2.80. The third-order valence-corrected chi connectivity index (χ3v) is 6.75. The van der Waals surface area contributed by atoms with Crippen LogP contribution in [0.1, 0.15) is 116 Å². The minimum Gasteiger partial charge on any atom is -0.490 e.